The van der Waals surface area contributed by atoms with Gasteiger partial charge in [0, 0.05) is 38.0 Å². The molecule has 5 amide bonds. The van der Waals surface area contributed by atoms with Crippen molar-refractivity contribution in [3.63, 3.8) is 0 Å². The van der Waals surface area contributed by atoms with E-state index in [0.717, 1.165) is 43.0 Å². The Balaban J connectivity index is 0.797. The van der Waals surface area contributed by atoms with Gasteiger partial charge in [-0.3, -0.25) is 29.3 Å². The summed E-state index contributed by atoms with van der Waals surface area (Å²) < 4.78 is 29.3. The van der Waals surface area contributed by atoms with Crippen molar-refractivity contribution in [1.29, 1.82) is 0 Å². The number of carbonyl (C=O) groups is 5. The fraction of sp³-hybridized carbons (Fsp3) is 0.385. The maximum absolute atomic E-state index is 14.1. The van der Waals surface area contributed by atoms with Crippen LogP contribution in [0.5, 0.6) is 0 Å². The number of benzene rings is 3. The number of likely N-dealkylation sites (tertiary alicyclic amines) is 1. The number of thiazole rings is 2. The van der Waals surface area contributed by atoms with E-state index in [4.69, 9.17) is 0 Å². The van der Waals surface area contributed by atoms with Crippen LogP contribution in [0, 0.1) is 12.3 Å². The third-order valence-electron chi connectivity index (χ3n) is 12.9. The summed E-state index contributed by atoms with van der Waals surface area (Å²) in [5, 5.41) is 20.0. The Hall–Kier alpha value is -6.61. The molecule has 0 saturated carbocycles. The lowest BCUT2D eigenvalue weighted by molar-refractivity contribution is -0.144. The SMILES string of the molecule is Cc1ncsc1-c1ccc([C@H](C)NC(=O)[C@@H]2C[C@@H](O)CN2C(=O)[C@@H](NC(=O)CCCCCS(=O)(=O)NC(=O)c2cccc(N3CCc4cccc(C(=O)Nc5nc6ccccc6s5)c4C3)n2)C(C)(C)C)cc1. The highest BCUT2D eigenvalue weighted by molar-refractivity contribution is 7.90. The number of sulfonamides is 1. The Morgan fingerprint density at radius 3 is 2.39 bits per heavy atom. The lowest BCUT2D eigenvalue weighted by atomic mass is 9.85. The molecule has 1 saturated heterocycles. The molecule has 3 aromatic heterocycles. The molecule has 378 valence electrons. The number of aliphatic hydroxyl groups is 1. The molecule has 72 heavy (non-hydrogen) atoms. The van der Waals surface area contributed by atoms with Crippen LogP contribution in [-0.4, -0.2) is 99.9 Å². The highest BCUT2D eigenvalue weighted by atomic mass is 32.2. The highest BCUT2D eigenvalue weighted by Crippen LogP contribution is 2.32. The second kappa shape index (κ2) is 22.0. The Labute approximate surface area is 426 Å². The van der Waals surface area contributed by atoms with Crippen molar-refractivity contribution in [3.05, 3.63) is 124 Å². The number of para-hydroxylation sites is 1. The molecular formula is C52H59N9O8S3. The van der Waals surface area contributed by atoms with Gasteiger partial charge in [0.15, 0.2) is 5.13 Å². The third kappa shape index (κ3) is 12.3. The van der Waals surface area contributed by atoms with E-state index in [2.05, 4.69) is 35.6 Å². The molecule has 5 heterocycles. The van der Waals surface area contributed by atoms with E-state index in [0.29, 0.717) is 48.9 Å². The van der Waals surface area contributed by atoms with Gasteiger partial charge >= 0.3 is 0 Å². The van der Waals surface area contributed by atoms with Crippen LogP contribution < -0.4 is 25.6 Å². The van der Waals surface area contributed by atoms with E-state index in [1.165, 1.54) is 22.3 Å². The summed E-state index contributed by atoms with van der Waals surface area (Å²) in [4.78, 5) is 85.7. The van der Waals surface area contributed by atoms with E-state index >= 15 is 0 Å². The molecule has 8 rings (SSSR count). The Bertz CT molecular complexity index is 3060. The summed E-state index contributed by atoms with van der Waals surface area (Å²) >= 11 is 2.95. The number of anilines is 2. The minimum absolute atomic E-state index is 0.00465. The van der Waals surface area contributed by atoms with Crippen molar-refractivity contribution in [2.45, 2.75) is 104 Å². The van der Waals surface area contributed by atoms with E-state index in [9.17, 15) is 37.5 Å². The van der Waals surface area contributed by atoms with Gasteiger partial charge in [-0.25, -0.2) is 28.1 Å². The zero-order valence-corrected chi connectivity index (χ0v) is 43.3. The topological polar surface area (TPSA) is 233 Å². The van der Waals surface area contributed by atoms with Crippen molar-refractivity contribution >= 4 is 83.4 Å². The van der Waals surface area contributed by atoms with E-state index in [1.54, 1.807) is 55.8 Å². The second-order valence-corrected chi connectivity index (χ2v) is 23.1. The van der Waals surface area contributed by atoms with Crippen LogP contribution in [0.4, 0.5) is 10.9 Å². The Kier molecular flexibility index (Phi) is 15.8. The normalized spacial score (nSPS) is 16.7. The summed E-state index contributed by atoms with van der Waals surface area (Å²) in [6.45, 7) is 10.1. The van der Waals surface area contributed by atoms with Crippen molar-refractivity contribution in [1.82, 2.24) is 35.2 Å². The molecule has 5 N–H and O–H groups in total. The van der Waals surface area contributed by atoms with Crippen LogP contribution in [0.3, 0.4) is 0 Å². The van der Waals surface area contributed by atoms with Crippen LogP contribution in [0.15, 0.2) is 90.4 Å². The molecule has 0 aliphatic carbocycles. The molecule has 0 spiro atoms. The average molecular weight is 1030 g/mol. The summed E-state index contributed by atoms with van der Waals surface area (Å²) in [5.41, 5.74) is 6.95. The summed E-state index contributed by atoms with van der Waals surface area (Å²) in [5.74, 6) is -2.39. The summed E-state index contributed by atoms with van der Waals surface area (Å²) in [6, 6.07) is 23.6. The van der Waals surface area contributed by atoms with Gasteiger partial charge in [-0.1, -0.05) is 93.1 Å². The van der Waals surface area contributed by atoms with Gasteiger partial charge in [-0.05, 0) is 91.1 Å². The van der Waals surface area contributed by atoms with Crippen molar-refractivity contribution in [2.24, 2.45) is 5.41 Å². The molecule has 2 aliphatic rings. The first-order valence-electron chi connectivity index (χ1n) is 24.0. The van der Waals surface area contributed by atoms with Crippen LogP contribution in [-0.2, 0) is 37.4 Å². The standard InChI is InChI=1S/C52H59N9O8S3/c1-31(33-20-22-35(23-21-33)45-32(2)53-30-70-45)54-49(66)41-27-36(62)28-61(41)50(67)46(52(3,4)5)57-44(63)19-7-6-10-26-72(68,69)59-48(65)40-16-12-18-43(55-40)60-25-24-34-13-11-14-37(38(34)29-60)47(64)58-51-56-39-15-8-9-17-42(39)71-51/h8-9,11-18,20-23,30-31,36,41,46,62H,6-7,10,19,24-29H2,1-5H3,(H,54,66)(H,57,63)(H,59,65)(H,56,58,64)/t31-,36+,41-,46+/m0/s1. The zero-order valence-electron chi connectivity index (χ0n) is 40.8. The first kappa shape index (κ1) is 51.7. The van der Waals surface area contributed by atoms with Crippen LogP contribution in [0.1, 0.15) is 109 Å². The van der Waals surface area contributed by atoms with Gasteiger partial charge in [-0.2, -0.15) is 0 Å². The van der Waals surface area contributed by atoms with Gasteiger partial charge in [-0.15, -0.1) is 11.3 Å². The fourth-order valence-electron chi connectivity index (χ4n) is 9.05. The number of pyridine rings is 1. The Morgan fingerprint density at radius 1 is 0.889 bits per heavy atom. The predicted octanol–water partition coefficient (Wildman–Crippen LogP) is 6.93. The smallest absolute Gasteiger partial charge is 0.283 e. The minimum Gasteiger partial charge on any atom is -0.391 e. The largest absolute Gasteiger partial charge is 0.391 e. The first-order chi connectivity index (χ1) is 34.3. The number of aromatic nitrogens is 3. The van der Waals surface area contributed by atoms with E-state index < -0.39 is 57.3 Å². The monoisotopic (exact) mass is 1030 g/mol. The van der Waals surface area contributed by atoms with Crippen molar-refractivity contribution in [2.75, 3.05) is 29.1 Å². The number of fused-ring (bicyclic) bond motifs is 2. The zero-order chi connectivity index (χ0) is 51.3. The number of carbonyl (C=O) groups excluding carboxylic acids is 5. The molecule has 0 radical (unpaired) electrons. The number of hydrogen-bond acceptors (Lipinski definition) is 14. The number of amides is 5. The van der Waals surface area contributed by atoms with E-state index in [1.807, 2.05) is 79.4 Å². The molecule has 20 heteroatoms. The van der Waals surface area contributed by atoms with Crippen molar-refractivity contribution < 1.29 is 37.5 Å². The van der Waals surface area contributed by atoms with Gasteiger partial charge in [0.1, 0.15) is 23.6 Å². The summed E-state index contributed by atoms with van der Waals surface area (Å²) in [7, 11) is -4.08. The number of aryl methyl sites for hydroxylation is 1. The number of nitrogens with one attached hydrogen (secondary N) is 4. The van der Waals surface area contributed by atoms with Crippen molar-refractivity contribution in [3.8, 4) is 10.4 Å². The lowest BCUT2D eigenvalue weighted by Gasteiger charge is -2.35. The quantitative estimate of drug-likeness (QED) is 0.0586. The maximum atomic E-state index is 14.1. The number of aliphatic hydroxyl groups excluding tert-OH is 1. The number of nitrogens with zero attached hydrogens (tertiary/aromatic N) is 5. The Morgan fingerprint density at radius 2 is 1.65 bits per heavy atom. The molecule has 0 bridgehead atoms. The van der Waals surface area contributed by atoms with Crippen LogP contribution in [0.2, 0.25) is 0 Å². The second-order valence-electron chi connectivity index (χ2n) is 19.4. The minimum atomic E-state index is -4.08. The maximum Gasteiger partial charge on any atom is 0.283 e. The van der Waals surface area contributed by atoms with Gasteiger partial charge in [0.05, 0.1) is 44.2 Å². The van der Waals surface area contributed by atoms with E-state index in [-0.39, 0.29) is 49.2 Å². The van der Waals surface area contributed by atoms with Gasteiger partial charge in [0.2, 0.25) is 27.7 Å². The molecule has 6 aromatic rings. The fourth-order valence-corrected chi connectivity index (χ4v) is 11.8. The van der Waals surface area contributed by atoms with Gasteiger partial charge < -0.3 is 25.5 Å². The number of hydrogen-bond donors (Lipinski definition) is 5. The third-order valence-corrected chi connectivity index (χ3v) is 16.2. The molecule has 1 fully saturated rings. The number of unbranched alkanes of at least 4 members (excludes halogenated alkanes) is 2. The molecular weight excluding hydrogens is 975 g/mol. The van der Waals surface area contributed by atoms with Gasteiger partial charge in [0.25, 0.3) is 11.8 Å². The molecule has 2 aliphatic heterocycles. The number of rotatable bonds is 17. The lowest BCUT2D eigenvalue weighted by Crippen LogP contribution is -2.57. The average Bonchev–Trinajstić information content (AvgIpc) is 4.09. The molecule has 3 aromatic carbocycles. The highest BCUT2D eigenvalue weighted by Gasteiger charge is 2.44. The summed E-state index contributed by atoms with van der Waals surface area (Å²) in [6.07, 6.45) is 0.563. The molecule has 17 nitrogen and oxygen atoms in total. The molecule has 4 atom stereocenters. The number of β-amino-alcohol motifs (C(OH)–C–C–N with tert-alkyl or cyclic N) is 1. The predicted molar refractivity (Wildman–Crippen MR) is 279 cm³/mol. The molecule has 0 unspecified atom stereocenters. The van der Waals surface area contributed by atoms with Crippen LogP contribution >= 0.6 is 22.7 Å². The first-order valence-corrected chi connectivity index (χ1v) is 27.3. The van der Waals surface area contributed by atoms with Crippen LogP contribution in [0.25, 0.3) is 20.7 Å².